The lowest BCUT2D eigenvalue weighted by Gasteiger charge is -2.23. The molecule has 0 saturated heterocycles. The van der Waals surface area contributed by atoms with Crippen LogP contribution in [0.15, 0.2) is 61.2 Å². The number of thiophene rings is 1. The molecule has 3 heterocycles. The summed E-state index contributed by atoms with van der Waals surface area (Å²) in [6, 6.07) is 8.24. The van der Waals surface area contributed by atoms with E-state index >= 15 is 0 Å². The number of carbonyl (C=O) groups is 1. The molecule has 0 saturated carbocycles. The SMILES string of the molecule is CCOC(=O)C1=C(C)N=c2s/c(=C/c3ccc(O)c(Br)c3)c(=O)n2[C@@H]1c1cccs1. The molecule has 0 fully saturated rings. The number of phenolic OH excluding ortho intramolecular Hbond substituents is 1. The van der Waals surface area contributed by atoms with Crippen molar-refractivity contribution in [2.75, 3.05) is 6.61 Å². The first-order valence-electron chi connectivity index (χ1n) is 9.12. The van der Waals surface area contributed by atoms with Gasteiger partial charge in [-0.15, -0.1) is 11.3 Å². The molecule has 1 aliphatic heterocycles. The van der Waals surface area contributed by atoms with Crippen LogP contribution in [-0.2, 0) is 9.53 Å². The van der Waals surface area contributed by atoms with Crippen molar-refractivity contribution in [1.82, 2.24) is 4.57 Å². The van der Waals surface area contributed by atoms with E-state index in [1.54, 1.807) is 42.7 Å². The minimum absolute atomic E-state index is 0.126. The predicted octanol–water partition coefficient (Wildman–Crippen LogP) is 3.33. The van der Waals surface area contributed by atoms with Gasteiger partial charge in [0, 0.05) is 4.88 Å². The molecule has 1 aliphatic rings. The standard InChI is InChI=1S/C21H17BrN2O4S2/c1-3-28-20(27)17-11(2)23-21-24(18(17)15-5-4-8-29-15)19(26)16(30-21)10-12-6-7-14(25)13(22)9-12/h4-10,18,25H,3H2,1-2H3/b16-10+/t18-/m1/s1. The van der Waals surface area contributed by atoms with E-state index in [1.165, 1.54) is 22.7 Å². The second-order valence-corrected chi connectivity index (χ2v) is 9.37. The van der Waals surface area contributed by atoms with Crippen LogP contribution in [0.3, 0.4) is 0 Å². The number of benzene rings is 1. The van der Waals surface area contributed by atoms with Crippen molar-refractivity contribution in [3.8, 4) is 5.75 Å². The van der Waals surface area contributed by atoms with Crippen molar-refractivity contribution in [3.63, 3.8) is 0 Å². The van der Waals surface area contributed by atoms with E-state index in [4.69, 9.17) is 4.74 Å². The number of thiazole rings is 1. The Morgan fingerprint density at radius 2 is 2.20 bits per heavy atom. The Kier molecular flexibility index (Phi) is 5.77. The second kappa shape index (κ2) is 8.33. The van der Waals surface area contributed by atoms with Gasteiger partial charge in [0.2, 0.25) is 0 Å². The molecular formula is C21H17BrN2O4S2. The summed E-state index contributed by atoms with van der Waals surface area (Å²) in [5, 5.41) is 11.6. The van der Waals surface area contributed by atoms with E-state index in [9.17, 15) is 14.7 Å². The maximum absolute atomic E-state index is 13.4. The zero-order valence-electron chi connectivity index (χ0n) is 16.1. The topological polar surface area (TPSA) is 80.9 Å². The molecule has 1 aromatic carbocycles. The molecular weight excluding hydrogens is 488 g/mol. The number of halogens is 1. The fourth-order valence-electron chi connectivity index (χ4n) is 3.27. The van der Waals surface area contributed by atoms with E-state index < -0.39 is 12.0 Å². The minimum Gasteiger partial charge on any atom is -0.507 e. The first kappa shape index (κ1) is 20.8. The molecule has 0 bridgehead atoms. The fraction of sp³-hybridized carbons (Fsp3) is 0.190. The van der Waals surface area contributed by atoms with E-state index in [1.807, 2.05) is 17.5 Å². The number of aromatic nitrogens is 1. The van der Waals surface area contributed by atoms with Gasteiger partial charge in [-0.2, -0.15) is 0 Å². The third-order valence-electron chi connectivity index (χ3n) is 4.60. The highest BCUT2D eigenvalue weighted by Gasteiger charge is 2.33. The van der Waals surface area contributed by atoms with E-state index in [2.05, 4.69) is 20.9 Å². The van der Waals surface area contributed by atoms with Crippen LogP contribution in [0, 0.1) is 0 Å². The van der Waals surface area contributed by atoms with Crippen molar-refractivity contribution >= 4 is 50.6 Å². The third-order valence-corrected chi connectivity index (χ3v) is 7.14. The number of nitrogens with zero attached hydrogens (tertiary/aromatic N) is 2. The van der Waals surface area contributed by atoms with Gasteiger partial charge in [-0.1, -0.05) is 23.5 Å². The van der Waals surface area contributed by atoms with Crippen LogP contribution in [0.5, 0.6) is 5.75 Å². The van der Waals surface area contributed by atoms with Gasteiger partial charge in [0.15, 0.2) is 4.80 Å². The van der Waals surface area contributed by atoms with Gasteiger partial charge in [-0.3, -0.25) is 9.36 Å². The van der Waals surface area contributed by atoms with Gasteiger partial charge >= 0.3 is 5.97 Å². The summed E-state index contributed by atoms with van der Waals surface area (Å²) in [6.07, 6.45) is 1.75. The summed E-state index contributed by atoms with van der Waals surface area (Å²) < 4.78 is 7.86. The van der Waals surface area contributed by atoms with Gasteiger partial charge in [-0.25, -0.2) is 9.79 Å². The largest absolute Gasteiger partial charge is 0.507 e. The zero-order valence-corrected chi connectivity index (χ0v) is 19.3. The van der Waals surface area contributed by atoms with Crippen molar-refractivity contribution in [2.45, 2.75) is 19.9 Å². The quantitative estimate of drug-likeness (QED) is 0.552. The normalized spacial score (nSPS) is 16.4. The molecule has 1 N–H and O–H groups in total. The zero-order chi connectivity index (χ0) is 21.4. The Bertz CT molecular complexity index is 1340. The first-order chi connectivity index (χ1) is 14.4. The average molecular weight is 505 g/mol. The van der Waals surface area contributed by atoms with Crippen molar-refractivity contribution in [3.05, 3.63) is 81.6 Å². The van der Waals surface area contributed by atoms with Gasteiger partial charge in [-0.05, 0) is 65.0 Å². The number of hydrogen-bond acceptors (Lipinski definition) is 7. The molecule has 0 unspecified atom stereocenters. The number of ether oxygens (including phenoxy) is 1. The monoisotopic (exact) mass is 504 g/mol. The second-order valence-electron chi connectivity index (χ2n) is 6.53. The van der Waals surface area contributed by atoms with Gasteiger partial charge in [0.05, 0.1) is 26.9 Å². The van der Waals surface area contributed by atoms with Crippen molar-refractivity contribution < 1.29 is 14.6 Å². The summed E-state index contributed by atoms with van der Waals surface area (Å²) in [5.74, 6) is -0.338. The number of fused-ring (bicyclic) bond motifs is 1. The lowest BCUT2D eigenvalue weighted by molar-refractivity contribution is -0.139. The maximum atomic E-state index is 13.4. The van der Waals surface area contributed by atoms with E-state index in [0.717, 1.165) is 10.4 Å². The number of esters is 1. The Labute approximate surface area is 188 Å². The molecule has 0 aliphatic carbocycles. The van der Waals surface area contributed by atoms with Crippen LogP contribution in [0.2, 0.25) is 0 Å². The molecule has 0 spiro atoms. The number of hydrogen-bond donors (Lipinski definition) is 1. The van der Waals surface area contributed by atoms with Gasteiger partial charge in [0.1, 0.15) is 11.8 Å². The minimum atomic E-state index is -0.575. The summed E-state index contributed by atoms with van der Waals surface area (Å²) in [4.78, 5) is 32.0. The summed E-state index contributed by atoms with van der Waals surface area (Å²) in [6.45, 7) is 3.76. The smallest absolute Gasteiger partial charge is 0.338 e. The number of rotatable bonds is 4. The van der Waals surface area contributed by atoms with E-state index in [-0.39, 0.29) is 17.9 Å². The van der Waals surface area contributed by atoms with Crippen molar-refractivity contribution in [2.24, 2.45) is 4.99 Å². The molecule has 9 heteroatoms. The number of allylic oxidation sites excluding steroid dienone is 1. The molecule has 4 rings (SSSR count). The van der Waals surface area contributed by atoms with E-state index in [0.29, 0.717) is 25.1 Å². The Morgan fingerprint density at radius 1 is 1.40 bits per heavy atom. The summed E-state index contributed by atoms with van der Waals surface area (Å²) >= 11 is 6.04. The molecule has 2 aromatic heterocycles. The molecule has 0 amide bonds. The highest BCUT2D eigenvalue weighted by atomic mass is 79.9. The van der Waals surface area contributed by atoms with Gasteiger partial charge < -0.3 is 9.84 Å². The Morgan fingerprint density at radius 3 is 2.87 bits per heavy atom. The first-order valence-corrected chi connectivity index (χ1v) is 11.6. The maximum Gasteiger partial charge on any atom is 0.338 e. The molecule has 154 valence electrons. The van der Waals surface area contributed by atoms with Crippen LogP contribution < -0.4 is 14.9 Å². The van der Waals surface area contributed by atoms with Crippen LogP contribution in [0.1, 0.15) is 30.3 Å². The lowest BCUT2D eigenvalue weighted by atomic mass is 10.0. The van der Waals surface area contributed by atoms with Crippen LogP contribution >= 0.6 is 38.6 Å². The summed E-state index contributed by atoms with van der Waals surface area (Å²) in [5.41, 5.74) is 1.47. The molecule has 0 radical (unpaired) electrons. The Balaban J connectivity index is 1.93. The predicted molar refractivity (Wildman–Crippen MR) is 121 cm³/mol. The lowest BCUT2D eigenvalue weighted by Crippen LogP contribution is -2.39. The van der Waals surface area contributed by atoms with Crippen molar-refractivity contribution in [1.29, 1.82) is 0 Å². The van der Waals surface area contributed by atoms with Crippen LogP contribution in [0.25, 0.3) is 6.08 Å². The average Bonchev–Trinajstić information content (AvgIpc) is 3.33. The highest BCUT2D eigenvalue weighted by Crippen LogP contribution is 2.33. The number of carbonyl (C=O) groups excluding carboxylic acids is 1. The summed E-state index contributed by atoms with van der Waals surface area (Å²) in [7, 11) is 0. The molecule has 6 nitrogen and oxygen atoms in total. The Hall–Kier alpha value is -2.49. The molecule has 30 heavy (non-hydrogen) atoms. The number of phenols is 1. The van der Waals surface area contributed by atoms with Crippen LogP contribution in [-0.4, -0.2) is 22.2 Å². The molecule has 3 aromatic rings. The van der Waals surface area contributed by atoms with Gasteiger partial charge in [0.25, 0.3) is 5.56 Å². The highest BCUT2D eigenvalue weighted by molar-refractivity contribution is 9.10. The molecule has 1 atom stereocenters. The fourth-order valence-corrected chi connectivity index (χ4v) is 5.54. The third kappa shape index (κ3) is 3.68. The number of aromatic hydroxyl groups is 1. The van der Waals surface area contributed by atoms with Crippen LogP contribution in [0.4, 0.5) is 0 Å².